The third-order valence-electron chi connectivity index (χ3n) is 1.76. The minimum atomic E-state index is 0.556. The molecular weight excluding hydrogens is 154 g/mol. The highest BCUT2D eigenvalue weighted by molar-refractivity contribution is 6.01. The monoisotopic (exact) mass is 161 g/mol. The molecule has 60 valence electrons. The van der Waals surface area contributed by atoms with Crippen molar-refractivity contribution in [3.63, 3.8) is 0 Å². The maximum absolute atomic E-state index is 10.6. The molecular formula is C8H7N3O. The van der Waals surface area contributed by atoms with Crippen LogP contribution in [0.4, 0.5) is 5.69 Å². The number of H-pyrrole nitrogens is 1. The van der Waals surface area contributed by atoms with E-state index in [4.69, 9.17) is 5.73 Å². The van der Waals surface area contributed by atoms with Crippen molar-refractivity contribution in [3.8, 4) is 0 Å². The van der Waals surface area contributed by atoms with Crippen molar-refractivity contribution in [2.45, 2.75) is 0 Å². The van der Waals surface area contributed by atoms with Gasteiger partial charge in [-0.15, -0.1) is 0 Å². The van der Waals surface area contributed by atoms with Gasteiger partial charge in [0.1, 0.15) is 5.65 Å². The molecule has 3 N–H and O–H groups in total. The first-order valence-electron chi connectivity index (χ1n) is 3.49. The van der Waals surface area contributed by atoms with Crippen LogP contribution in [0.1, 0.15) is 10.4 Å². The van der Waals surface area contributed by atoms with Gasteiger partial charge in [-0.2, -0.15) is 0 Å². The SMILES string of the molecule is Nc1c[nH]c2nccc(C=O)c12. The van der Waals surface area contributed by atoms with Crippen molar-refractivity contribution in [3.05, 3.63) is 24.0 Å². The number of aromatic amines is 1. The molecule has 0 atom stereocenters. The summed E-state index contributed by atoms with van der Waals surface area (Å²) in [4.78, 5) is 17.5. The predicted octanol–water partition coefficient (Wildman–Crippen LogP) is 0.958. The van der Waals surface area contributed by atoms with Gasteiger partial charge in [-0.1, -0.05) is 0 Å². The quantitative estimate of drug-likeness (QED) is 0.612. The summed E-state index contributed by atoms with van der Waals surface area (Å²) >= 11 is 0. The van der Waals surface area contributed by atoms with Crippen molar-refractivity contribution in [1.82, 2.24) is 9.97 Å². The number of aromatic nitrogens is 2. The Labute approximate surface area is 68.4 Å². The highest BCUT2D eigenvalue weighted by Gasteiger charge is 2.05. The number of nitrogen functional groups attached to an aromatic ring is 1. The summed E-state index contributed by atoms with van der Waals surface area (Å²) in [5, 5.41) is 0.701. The highest BCUT2D eigenvalue weighted by atomic mass is 16.1. The van der Waals surface area contributed by atoms with Crippen molar-refractivity contribution in [1.29, 1.82) is 0 Å². The average molecular weight is 161 g/mol. The topological polar surface area (TPSA) is 71.8 Å². The van der Waals surface area contributed by atoms with Crippen LogP contribution < -0.4 is 5.73 Å². The van der Waals surface area contributed by atoms with Crippen LogP contribution in [0.25, 0.3) is 11.0 Å². The molecule has 2 heterocycles. The lowest BCUT2D eigenvalue weighted by molar-refractivity contribution is 0.112. The summed E-state index contributed by atoms with van der Waals surface area (Å²) in [6.07, 6.45) is 3.97. The fraction of sp³-hybridized carbons (Fsp3) is 0. The summed E-state index contributed by atoms with van der Waals surface area (Å²) in [6.45, 7) is 0. The first-order valence-corrected chi connectivity index (χ1v) is 3.49. The van der Waals surface area contributed by atoms with Crippen LogP contribution in [0.5, 0.6) is 0 Å². The molecule has 0 radical (unpaired) electrons. The number of aldehydes is 1. The minimum Gasteiger partial charge on any atom is -0.397 e. The van der Waals surface area contributed by atoms with Gasteiger partial charge in [0.2, 0.25) is 0 Å². The van der Waals surface area contributed by atoms with Crippen LogP contribution >= 0.6 is 0 Å². The predicted molar refractivity (Wildman–Crippen MR) is 45.9 cm³/mol. The van der Waals surface area contributed by atoms with Gasteiger partial charge in [-0.25, -0.2) is 4.98 Å². The molecule has 0 aromatic carbocycles. The van der Waals surface area contributed by atoms with E-state index in [0.717, 1.165) is 6.29 Å². The molecule has 0 aliphatic carbocycles. The number of nitrogens with one attached hydrogen (secondary N) is 1. The molecule has 2 rings (SSSR count). The fourth-order valence-electron chi connectivity index (χ4n) is 1.21. The number of hydrogen-bond acceptors (Lipinski definition) is 3. The Morgan fingerprint density at radius 3 is 3.17 bits per heavy atom. The van der Waals surface area contributed by atoms with Crippen LogP contribution in [-0.2, 0) is 0 Å². The van der Waals surface area contributed by atoms with Gasteiger partial charge in [0.25, 0.3) is 0 Å². The molecule has 0 bridgehead atoms. The molecule has 0 saturated carbocycles. The van der Waals surface area contributed by atoms with Gasteiger partial charge < -0.3 is 10.7 Å². The summed E-state index contributed by atoms with van der Waals surface area (Å²) in [7, 11) is 0. The van der Waals surface area contributed by atoms with E-state index >= 15 is 0 Å². The minimum absolute atomic E-state index is 0.556. The normalized spacial score (nSPS) is 10.3. The maximum Gasteiger partial charge on any atom is 0.150 e. The highest BCUT2D eigenvalue weighted by Crippen LogP contribution is 2.20. The largest absolute Gasteiger partial charge is 0.397 e. The summed E-state index contributed by atoms with van der Waals surface area (Å²) in [5.74, 6) is 0. The number of carbonyl (C=O) groups is 1. The van der Waals surface area contributed by atoms with Crippen LogP contribution in [0, 0.1) is 0 Å². The molecule has 0 spiro atoms. The lowest BCUT2D eigenvalue weighted by Crippen LogP contribution is -1.87. The summed E-state index contributed by atoms with van der Waals surface area (Å²) in [5.41, 5.74) is 7.40. The molecule has 2 aromatic heterocycles. The summed E-state index contributed by atoms with van der Waals surface area (Å²) < 4.78 is 0. The van der Waals surface area contributed by atoms with Crippen LogP contribution in [0.2, 0.25) is 0 Å². The van der Waals surface area contributed by atoms with Gasteiger partial charge >= 0.3 is 0 Å². The molecule has 2 aromatic rings. The van der Waals surface area contributed by atoms with Crippen molar-refractivity contribution >= 4 is 23.0 Å². The van der Waals surface area contributed by atoms with E-state index in [1.165, 1.54) is 0 Å². The van der Waals surface area contributed by atoms with Gasteiger partial charge in [0, 0.05) is 18.0 Å². The van der Waals surface area contributed by atoms with Crippen LogP contribution in [0.3, 0.4) is 0 Å². The fourth-order valence-corrected chi connectivity index (χ4v) is 1.21. The van der Waals surface area contributed by atoms with Gasteiger partial charge in [-0.05, 0) is 6.07 Å². The zero-order chi connectivity index (χ0) is 8.55. The summed E-state index contributed by atoms with van der Waals surface area (Å²) in [6, 6.07) is 1.64. The molecule has 0 aliphatic rings. The number of fused-ring (bicyclic) bond motifs is 1. The molecule has 0 unspecified atom stereocenters. The number of carbonyl (C=O) groups excluding carboxylic acids is 1. The van der Waals surface area contributed by atoms with E-state index in [0.29, 0.717) is 22.3 Å². The Balaban J connectivity index is 2.93. The number of hydrogen-bond donors (Lipinski definition) is 2. The van der Waals surface area contributed by atoms with Crippen molar-refractivity contribution in [2.75, 3.05) is 5.73 Å². The van der Waals surface area contributed by atoms with Crippen molar-refractivity contribution < 1.29 is 4.79 Å². The van der Waals surface area contributed by atoms with Crippen LogP contribution in [0.15, 0.2) is 18.5 Å². The molecule has 0 fully saturated rings. The van der Waals surface area contributed by atoms with E-state index in [1.807, 2.05) is 0 Å². The Kier molecular flexibility index (Phi) is 1.33. The van der Waals surface area contributed by atoms with Crippen LogP contribution in [-0.4, -0.2) is 16.3 Å². The lowest BCUT2D eigenvalue weighted by Gasteiger charge is -1.93. The molecule has 0 saturated heterocycles. The van der Waals surface area contributed by atoms with Gasteiger partial charge in [0.05, 0.1) is 11.1 Å². The average Bonchev–Trinajstić information content (AvgIpc) is 2.48. The second kappa shape index (κ2) is 2.34. The number of nitrogens with two attached hydrogens (primary N) is 1. The second-order valence-corrected chi connectivity index (χ2v) is 2.49. The van der Waals surface area contributed by atoms with Crippen molar-refractivity contribution in [2.24, 2.45) is 0 Å². The number of anilines is 1. The van der Waals surface area contributed by atoms with Gasteiger partial charge in [0.15, 0.2) is 6.29 Å². The molecule has 0 aliphatic heterocycles. The van der Waals surface area contributed by atoms with Gasteiger partial charge in [-0.3, -0.25) is 4.79 Å². The molecule has 4 heteroatoms. The molecule has 12 heavy (non-hydrogen) atoms. The number of pyridine rings is 1. The first-order chi connectivity index (χ1) is 5.83. The number of rotatable bonds is 1. The third kappa shape index (κ3) is 0.780. The Bertz CT molecular complexity index is 433. The van der Waals surface area contributed by atoms with E-state index in [2.05, 4.69) is 9.97 Å². The Morgan fingerprint density at radius 1 is 1.58 bits per heavy atom. The molecule has 4 nitrogen and oxygen atoms in total. The van der Waals surface area contributed by atoms with E-state index in [9.17, 15) is 4.79 Å². The Hall–Kier alpha value is -1.84. The zero-order valence-corrected chi connectivity index (χ0v) is 6.24. The lowest BCUT2D eigenvalue weighted by atomic mass is 10.2. The number of nitrogens with zero attached hydrogens (tertiary/aromatic N) is 1. The second-order valence-electron chi connectivity index (χ2n) is 2.49. The third-order valence-corrected chi connectivity index (χ3v) is 1.76. The molecule has 0 amide bonds. The maximum atomic E-state index is 10.6. The van der Waals surface area contributed by atoms with E-state index in [1.54, 1.807) is 18.5 Å². The smallest absolute Gasteiger partial charge is 0.150 e. The van der Waals surface area contributed by atoms with E-state index < -0.39 is 0 Å². The standard InChI is InChI=1S/C8H7N3O/c9-6-3-11-8-7(6)5(4-12)1-2-10-8/h1-4H,9H2,(H,10,11). The Morgan fingerprint density at radius 2 is 2.42 bits per heavy atom. The van der Waals surface area contributed by atoms with E-state index in [-0.39, 0.29) is 0 Å². The zero-order valence-electron chi connectivity index (χ0n) is 6.24. The first kappa shape index (κ1) is 6.84.